The number of amides is 1. The predicted molar refractivity (Wildman–Crippen MR) is 118 cm³/mol. The van der Waals surface area contributed by atoms with Crippen molar-refractivity contribution in [3.63, 3.8) is 0 Å². The van der Waals surface area contributed by atoms with Gasteiger partial charge in [-0.1, -0.05) is 6.07 Å². The highest BCUT2D eigenvalue weighted by atomic mass is 19.4. The second kappa shape index (κ2) is 9.50. The minimum Gasteiger partial charge on any atom is -0.481 e. The maximum atomic E-state index is 13.7. The van der Waals surface area contributed by atoms with Crippen molar-refractivity contribution in [1.29, 1.82) is 0 Å². The molecule has 3 aromatic heterocycles. The summed E-state index contributed by atoms with van der Waals surface area (Å²) in [6.45, 7) is -1.68. The van der Waals surface area contributed by atoms with Crippen LogP contribution in [0.5, 0.6) is 5.88 Å². The van der Waals surface area contributed by atoms with Crippen LogP contribution >= 0.6 is 0 Å². The largest absolute Gasteiger partial charge is 0.481 e. The molecule has 4 aromatic rings. The van der Waals surface area contributed by atoms with Gasteiger partial charge in [0.1, 0.15) is 18.1 Å². The van der Waals surface area contributed by atoms with Crippen molar-refractivity contribution in [3.05, 3.63) is 78.1 Å². The molecule has 34 heavy (non-hydrogen) atoms. The van der Waals surface area contributed by atoms with E-state index >= 15 is 0 Å². The number of aromatic amines is 1. The molecule has 0 saturated carbocycles. The summed E-state index contributed by atoms with van der Waals surface area (Å²) in [5.74, 6) is -0.966. The number of ether oxygens (including phenoxy) is 1. The summed E-state index contributed by atoms with van der Waals surface area (Å²) in [5, 5.41) is 0.558. The Morgan fingerprint density at radius 1 is 1.15 bits per heavy atom. The summed E-state index contributed by atoms with van der Waals surface area (Å²) in [5.41, 5.74) is 2.00. The molecule has 176 valence electrons. The molecule has 6 nitrogen and oxygen atoms in total. The predicted octanol–water partition coefficient (Wildman–Crippen LogP) is 5.02. The molecule has 0 radical (unpaired) electrons. The van der Waals surface area contributed by atoms with E-state index in [-0.39, 0.29) is 18.7 Å². The number of carbonyl (C=O) groups is 1. The van der Waals surface area contributed by atoms with Crippen molar-refractivity contribution in [2.75, 3.05) is 20.2 Å². The van der Waals surface area contributed by atoms with Gasteiger partial charge in [0.25, 0.3) is 5.91 Å². The smallest absolute Gasteiger partial charge is 0.406 e. The Hall–Kier alpha value is -3.95. The van der Waals surface area contributed by atoms with E-state index in [2.05, 4.69) is 15.0 Å². The molecule has 0 saturated heterocycles. The highest BCUT2D eigenvalue weighted by molar-refractivity contribution is 5.99. The molecule has 0 unspecified atom stereocenters. The highest BCUT2D eigenvalue weighted by Gasteiger charge is 2.34. The Kier molecular flexibility index (Phi) is 6.49. The lowest BCUT2D eigenvalue weighted by atomic mass is 10.0. The molecular weight excluding hydrogens is 452 g/mol. The average molecular weight is 472 g/mol. The molecule has 0 aliphatic carbocycles. The molecular formula is C24H20F4N4O2. The number of nitrogens with zero attached hydrogens (tertiary/aromatic N) is 3. The minimum atomic E-state index is -4.61. The van der Waals surface area contributed by atoms with Gasteiger partial charge in [-0.25, -0.2) is 9.37 Å². The van der Waals surface area contributed by atoms with Crippen molar-refractivity contribution in [2.24, 2.45) is 0 Å². The van der Waals surface area contributed by atoms with Gasteiger partial charge in [0.2, 0.25) is 5.88 Å². The van der Waals surface area contributed by atoms with Gasteiger partial charge in [0.15, 0.2) is 0 Å². The molecule has 0 spiro atoms. The van der Waals surface area contributed by atoms with E-state index in [1.165, 1.54) is 31.6 Å². The summed E-state index contributed by atoms with van der Waals surface area (Å²) in [7, 11) is 1.46. The Morgan fingerprint density at radius 2 is 1.97 bits per heavy atom. The van der Waals surface area contributed by atoms with Gasteiger partial charge < -0.3 is 14.6 Å². The van der Waals surface area contributed by atoms with Crippen LogP contribution in [-0.4, -0.2) is 52.1 Å². The number of pyridine rings is 2. The molecule has 1 amide bonds. The highest BCUT2D eigenvalue weighted by Crippen LogP contribution is 2.26. The van der Waals surface area contributed by atoms with E-state index in [1.54, 1.807) is 36.5 Å². The number of halogens is 4. The monoisotopic (exact) mass is 472 g/mol. The lowest BCUT2D eigenvalue weighted by Gasteiger charge is -2.24. The normalized spacial score (nSPS) is 11.6. The number of nitrogens with one attached hydrogen (secondary N) is 1. The Balaban J connectivity index is 1.63. The average Bonchev–Trinajstić information content (AvgIpc) is 3.22. The zero-order valence-corrected chi connectivity index (χ0v) is 18.1. The van der Waals surface area contributed by atoms with Crippen molar-refractivity contribution in [2.45, 2.75) is 12.6 Å². The van der Waals surface area contributed by atoms with E-state index in [1.807, 2.05) is 0 Å². The maximum Gasteiger partial charge on any atom is 0.406 e. The first-order valence-electron chi connectivity index (χ1n) is 10.3. The van der Waals surface area contributed by atoms with Crippen molar-refractivity contribution in [3.8, 4) is 17.0 Å². The van der Waals surface area contributed by atoms with Crippen molar-refractivity contribution in [1.82, 2.24) is 19.9 Å². The zero-order valence-electron chi connectivity index (χ0n) is 18.1. The van der Waals surface area contributed by atoms with E-state index < -0.39 is 24.4 Å². The number of carbonyl (C=O) groups excluding carboxylic acids is 1. The van der Waals surface area contributed by atoms with Gasteiger partial charge in [-0.15, -0.1) is 0 Å². The number of H-pyrrole nitrogens is 1. The van der Waals surface area contributed by atoms with Crippen LogP contribution in [-0.2, 0) is 6.42 Å². The third-order valence-electron chi connectivity index (χ3n) is 5.30. The van der Waals surface area contributed by atoms with Crippen LogP contribution in [0.3, 0.4) is 0 Å². The van der Waals surface area contributed by atoms with E-state index in [0.717, 1.165) is 0 Å². The van der Waals surface area contributed by atoms with Gasteiger partial charge in [-0.3, -0.25) is 9.78 Å². The van der Waals surface area contributed by atoms with Crippen molar-refractivity contribution >= 4 is 16.8 Å². The summed E-state index contributed by atoms with van der Waals surface area (Å²) >= 11 is 0. The van der Waals surface area contributed by atoms with Crippen LogP contribution in [0.25, 0.3) is 22.0 Å². The third kappa shape index (κ3) is 5.16. The Labute approximate surface area is 192 Å². The van der Waals surface area contributed by atoms with Gasteiger partial charge in [0.05, 0.1) is 7.11 Å². The first-order chi connectivity index (χ1) is 16.2. The molecule has 0 aliphatic heterocycles. The van der Waals surface area contributed by atoms with Gasteiger partial charge in [-0.2, -0.15) is 13.2 Å². The minimum absolute atomic E-state index is 0.0948. The van der Waals surface area contributed by atoms with Gasteiger partial charge in [-0.05, 0) is 42.3 Å². The summed E-state index contributed by atoms with van der Waals surface area (Å²) in [6, 6.07) is 10.6. The van der Waals surface area contributed by atoms with Crippen LogP contribution in [0.4, 0.5) is 17.6 Å². The molecule has 0 aliphatic rings. The van der Waals surface area contributed by atoms with E-state index in [9.17, 15) is 22.4 Å². The Morgan fingerprint density at radius 3 is 2.68 bits per heavy atom. The number of alkyl halides is 3. The summed E-state index contributed by atoms with van der Waals surface area (Å²) in [6.07, 6.45) is -0.102. The molecule has 0 fully saturated rings. The Bertz CT molecular complexity index is 1300. The number of benzene rings is 1. The lowest BCUT2D eigenvalue weighted by Crippen LogP contribution is -2.40. The second-order valence-electron chi connectivity index (χ2n) is 7.58. The van der Waals surface area contributed by atoms with Crippen LogP contribution in [0.2, 0.25) is 0 Å². The number of aromatic nitrogens is 3. The fraction of sp³-hybridized carbons (Fsp3) is 0.208. The molecule has 1 aromatic carbocycles. The quantitative estimate of drug-likeness (QED) is 0.384. The number of hydrogen-bond acceptors (Lipinski definition) is 4. The molecule has 1 N–H and O–H groups in total. The maximum absolute atomic E-state index is 13.7. The van der Waals surface area contributed by atoms with Crippen LogP contribution in [0.15, 0.2) is 61.1 Å². The molecule has 3 heterocycles. The van der Waals surface area contributed by atoms with E-state index in [4.69, 9.17) is 4.74 Å². The van der Waals surface area contributed by atoms with Crippen LogP contribution in [0.1, 0.15) is 16.1 Å². The standard InChI is InChI=1S/C24H20F4N4O2/c1-34-21-7-4-15(13-31-21)18-3-2-9-29-22(18)23(33)32(14-24(26,27)28)10-8-16-12-30-20-6-5-17(25)11-19(16)20/h2-7,9,11-13,30H,8,10,14H2,1H3. The number of rotatable bonds is 7. The molecule has 0 atom stereocenters. The first kappa shape index (κ1) is 23.2. The fourth-order valence-corrected chi connectivity index (χ4v) is 3.70. The third-order valence-corrected chi connectivity index (χ3v) is 5.30. The number of methoxy groups -OCH3 is 1. The topological polar surface area (TPSA) is 71.1 Å². The van der Waals surface area contributed by atoms with Gasteiger partial charge in [0, 0.05) is 53.2 Å². The second-order valence-corrected chi connectivity index (χ2v) is 7.58. The molecule has 4 rings (SSSR count). The van der Waals surface area contributed by atoms with Crippen molar-refractivity contribution < 1.29 is 27.1 Å². The summed E-state index contributed by atoms with van der Waals surface area (Å²) < 4.78 is 58.8. The number of hydrogen-bond donors (Lipinski definition) is 1. The van der Waals surface area contributed by atoms with Crippen LogP contribution in [0, 0.1) is 5.82 Å². The number of fused-ring (bicyclic) bond motifs is 1. The first-order valence-corrected chi connectivity index (χ1v) is 10.3. The summed E-state index contributed by atoms with van der Waals surface area (Å²) in [4.78, 5) is 25.1. The molecule has 10 heteroatoms. The van der Waals surface area contributed by atoms with Crippen LogP contribution < -0.4 is 4.74 Å². The van der Waals surface area contributed by atoms with Gasteiger partial charge >= 0.3 is 6.18 Å². The fourth-order valence-electron chi connectivity index (χ4n) is 3.70. The molecule has 0 bridgehead atoms. The SMILES string of the molecule is COc1ccc(-c2cccnc2C(=O)N(CCc2c[nH]c3ccc(F)cc23)CC(F)(F)F)cn1. The van der Waals surface area contributed by atoms with E-state index in [0.29, 0.717) is 38.4 Å². The lowest BCUT2D eigenvalue weighted by molar-refractivity contribution is -0.140. The zero-order chi connectivity index (χ0) is 24.3.